The average molecular weight is 286 g/mol. The van der Waals surface area contributed by atoms with Crippen molar-refractivity contribution in [1.29, 1.82) is 0 Å². The molecule has 0 spiro atoms. The maximum atomic E-state index is 4.44. The largest absolute Gasteiger partial charge is 0.378 e. The molecule has 1 atom stereocenters. The first-order valence-electron chi connectivity index (χ1n) is 7.51. The molecule has 114 valence electrons. The fourth-order valence-corrected chi connectivity index (χ4v) is 2.64. The van der Waals surface area contributed by atoms with Gasteiger partial charge in [-0.05, 0) is 37.2 Å². The molecule has 0 saturated heterocycles. The summed E-state index contributed by atoms with van der Waals surface area (Å²) in [5.41, 5.74) is 4.89. The molecule has 0 bridgehead atoms. The molecule has 1 aromatic heterocycles. The zero-order valence-electron chi connectivity index (χ0n) is 13.7. The van der Waals surface area contributed by atoms with Gasteiger partial charge in [0, 0.05) is 45.0 Å². The van der Waals surface area contributed by atoms with Gasteiger partial charge in [-0.1, -0.05) is 19.1 Å². The zero-order chi connectivity index (χ0) is 15.4. The second-order valence-electron chi connectivity index (χ2n) is 5.70. The molecule has 0 radical (unpaired) electrons. The summed E-state index contributed by atoms with van der Waals surface area (Å²) >= 11 is 0. The van der Waals surface area contributed by atoms with E-state index in [0.29, 0.717) is 6.04 Å². The van der Waals surface area contributed by atoms with Crippen LogP contribution in [0.2, 0.25) is 0 Å². The summed E-state index contributed by atoms with van der Waals surface area (Å²) in [7, 11) is 6.17. The first kappa shape index (κ1) is 15.6. The predicted molar refractivity (Wildman–Crippen MR) is 88.8 cm³/mol. The maximum Gasteiger partial charge on any atom is 0.0596 e. The third kappa shape index (κ3) is 3.85. The van der Waals surface area contributed by atoms with E-state index in [-0.39, 0.29) is 0 Å². The summed E-state index contributed by atoms with van der Waals surface area (Å²) in [6.07, 6.45) is 0.946. The normalized spacial score (nSPS) is 12.4. The Bertz CT molecular complexity index is 586. The minimum Gasteiger partial charge on any atom is -0.378 e. The molecule has 2 aromatic rings. The molecule has 1 unspecified atom stereocenters. The number of hydrogen-bond acceptors (Lipinski definition) is 3. The number of aromatic nitrogens is 2. The molecule has 1 heterocycles. The number of anilines is 1. The van der Waals surface area contributed by atoms with Gasteiger partial charge in [-0.2, -0.15) is 5.10 Å². The highest BCUT2D eigenvalue weighted by molar-refractivity contribution is 5.48. The Morgan fingerprint density at radius 1 is 1.29 bits per heavy atom. The van der Waals surface area contributed by atoms with Crippen molar-refractivity contribution >= 4 is 5.69 Å². The topological polar surface area (TPSA) is 33.1 Å². The highest BCUT2D eigenvalue weighted by Crippen LogP contribution is 2.23. The lowest BCUT2D eigenvalue weighted by atomic mass is 10.0. The molecule has 0 aliphatic heterocycles. The van der Waals surface area contributed by atoms with Crippen LogP contribution in [0.3, 0.4) is 0 Å². The van der Waals surface area contributed by atoms with Gasteiger partial charge in [0.15, 0.2) is 0 Å². The van der Waals surface area contributed by atoms with Gasteiger partial charge >= 0.3 is 0 Å². The van der Waals surface area contributed by atoms with Crippen LogP contribution in [0.1, 0.15) is 29.9 Å². The van der Waals surface area contributed by atoms with Gasteiger partial charge < -0.3 is 10.2 Å². The lowest BCUT2D eigenvalue weighted by Gasteiger charge is -2.21. The Morgan fingerprint density at radius 2 is 2.05 bits per heavy atom. The Balaban J connectivity index is 2.26. The van der Waals surface area contributed by atoms with Gasteiger partial charge in [0.2, 0.25) is 0 Å². The van der Waals surface area contributed by atoms with Crippen molar-refractivity contribution in [1.82, 2.24) is 15.1 Å². The van der Waals surface area contributed by atoms with Crippen LogP contribution in [0.5, 0.6) is 0 Å². The van der Waals surface area contributed by atoms with Crippen molar-refractivity contribution in [3.8, 4) is 0 Å². The number of nitrogens with zero attached hydrogens (tertiary/aromatic N) is 3. The van der Waals surface area contributed by atoms with Crippen LogP contribution < -0.4 is 10.2 Å². The Hall–Kier alpha value is -1.81. The van der Waals surface area contributed by atoms with E-state index in [1.807, 2.05) is 18.7 Å². The first-order valence-corrected chi connectivity index (χ1v) is 7.51. The van der Waals surface area contributed by atoms with E-state index in [4.69, 9.17) is 0 Å². The molecule has 4 heteroatoms. The predicted octanol–water partition coefficient (Wildman–Crippen LogP) is 2.69. The van der Waals surface area contributed by atoms with Crippen molar-refractivity contribution < 1.29 is 0 Å². The Morgan fingerprint density at radius 3 is 2.62 bits per heavy atom. The zero-order valence-corrected chi connectivity index (χ0v) is 13.7. The van der Waals surface area contributed by atoms with Crippen LogP contribution in [-0.4, -0.2) is 30.4 Å². The van der Waals surface area contributed by atoms with Crippen molar-refractivity contribution in [2.75, 3.05) is 25.5 Å². The van der Waals surface area contributed by atoms with Gasteiger partial charge in [-0.25, -0.2) is 0 Å². The van der Waals surface area contributed by atoms with E-state index in [1.54, 1.807) is 0 Å². The van der Waals surface area contributed by atoms with Crippen LogP contribution in [0, 0.1) is 6.92 Å². The van der Waals surface area contributed by atoms with Crippen molar-refractivity contribution in [3.63, 3.8) is 0 Å². The van der Waals surface area contributed by atoms with Crippen LogP contribution in [0.4, 0.5) is 5.69 Å². The molecule has 4 nitrogen and oxygen atoms in total. The molecule has 1 aromatic carbocycles. The molecule has 0 saturated carbocycles. The molecule has 1 N–H and O–H groups in total. The molecule has 2 rings (SSSR count). The van der Waals surface area contributed by atoms with Crippen LogP contribution in [-0.2, 0) is 13.5 Å². The molecular weight excluding hydrogens is 260 g/mol. The lowest BCUT2D eigenvalue weighted by molar-refractivity contribution is 0.529. The van der Waals surface area contributed by atoms with Crippen molar-refractivity contribution in [2.24, 2.45) is 7.05 Å². The molecule has 0 amide bonds. The first-order chi connectivity index (χ1) is 10.0. The van der Waals surface area contributed by atoms with Crippen molar-refractivity contribution in [3.05, 3.63) is 47.3 Å². The van der Waals surface area contributed by atoms with E-state index < -0.39 is 0 Å². The van der Waals surface area contributed by atoms with E-state index in [2.05, 4.69) is 66.7 Å². The average Bonchev–Trinajstić information content (AvgIpc) is 2.76. The number of likely N-dealkylation sites (N-methyl/N-ethyl adjacent to an activating group) is 1. The number of benzene rings is 1. The molecular formula is C17H26N4. The summed E-state index contributed by atoms with van der Waals surface area (Å²) in [6.45, 7) is 5.14. The maximum absolute atomic E-state index is 4.44. The summed E-state index contributed by atoms with van der Waals surface area (Å²) < 4.78 is 1.98. The quantitative estimate of drug-likeness (QED) is 0.886. The minimum absolute atomic E-state index is 0.310. The Kier molecular flexibility index (Phi) is 5.02. The fraction of sp³-hybridized carbons (Fsp3) is 0.471. The lowest BCUT2D eigenvalue weighted by Crippen LogP contribution is -2.24. The smallest absolute Gasteiger partial charge is 0.0596 e. The van der Waals surface area contributed by atoms with Crippen molar-refractivity contribution in [2.45, 2.75) is 26.3 Å². The second kappa shape index (κ2) is 6.76. The molecule has 0 fully saturated rings. The standard InChI is InChI=1S/C17H26N4/c1-6-18-17(12-16-10-13(2)19-21(16)5)14-8-7-9-15(11-14)20(3)4/h7-11,17-18H,6,12H2,1-5H3. The van der Waals surface area contributed by atoms with E-state index in [1.165, 1.54) is 16.9 Å². The number of nitrogens with one attached hydrogen (secondary N) is 1. The molecule has 21 heavy (non-hydrogen) atoms. The van der Waals surface area contributed by atoms with E-state index in [0.717, 1.165) is 18.7 Å². The summed E-state index contributed by atoms with van der Waals surface area (Å²) in [5.74, 6) is 0. The van der Waals surface area contributed by atoms with Gasteiger partial charge in [0.1, 0.15) is 0 Å². The number of rotatable bonds is 6. The van der Waals surface area contributed by atoms with Crippen LogP contribution >= 0.6 is 0 Å². The fourth-order valence-electron chi connectivity index (χ4n) is 2.64. The summed E-state index contributed by atoms with van der Waals surface area (Å²) in [5, 5.41) is 8.03. The van der Waals surface area contributed by atoms with E-state index >= 15 is 0 Å². The van der Waals surface area contributed by atoms with Crippen LogP contribution in [0.15, 0.2) is 30.3 Å². The summed E-state index contributed by atoms with van der Waals surface area (Å²) in [4.78, 5) is 2.14. The number of hydrogen-bond donors (Lipinski definition) is 1. The van der Waals surface area contributed by atoms with Crippen LogP contribution in [0.25, 0.3) is 0 Å². The minimum atomic E-state index is 0.310. The SMILES string of the molecule is CCNC(Cc1cc(C)nn1C)c1cccc(N(C)C)c1. The number of aryl methyl sites for hydroxylation is 2. The highest BCUT2D eigenvalue weighted by Gasteiger charge is 2.14. The Labute approximate surface area is 127 Å². The second-order valence-corrected chi connectivity index (χ2v) is 5.70. The highest BCUT2D eigenvalue weighted by atomic mass is 15.3. The molecule has 0 aliphatic carbocycles. The third-order valence-electron chi connectivity index (χ3n) is 3.75. The monoisotopic (exact) mass is 286 g/mol. The third-order valence-corrected chi connectivity index (χ3v) is 3.75. The van der Waals surface area contributed by atoms with Gasteiger partial charge in [0.25, 0.3) is 0 Å². The van der Waals surface area contributed by atoms with Gasteiger partial charge in [-0.3, -0.25) is 4.68 Å². The van der Waals surface area contributed by atoms with Gasteiger partial charge in [-0.15, -0.1) is 0 Å². The van der Waals surface area contributed by atoms with Gasteiger partial charge in [0.05, 0.1) is 5.69 Å². The van der Waals surface area contributed by atoms with E-state index in [9.17, 15) is 0 Å². The molecule has 0 aliphatic rings. The summed E-state index contributed by atoms with van der Waals surface area (Å²) in [6, 6.07) is 11.2.